The highest BCUT2D eigenvalue weighted by molar-refractivity contribution is 6.31. The lowest BCUT2D eigenvalue weighted by Crippen LogP contribution is -2.50. The van der Waals surface area contributed by atoms with Crippen LogP contribution in [-0.2, 0) is 0 Å². The van der Waals surface area contributed by atoms with Gasteiger partial charge in [-0.25, -0.2) is 13.6 Å². The average molecular weight is 366 g/mol. The number of carbonyl (C=O) groups excluding carboxylic acids is 1. The molecule has 7 heteroatoms. The van der Waals surface area contributed by atoms with E-state index in [1.54, 1.807) is 23.1 Å². The molecule has 2 aromatic rings. The molecule has 1 aliphatic rings. The Balaban J connectivity index is 1.60. The Morgan fingerprint density at radius 2 is 1.76 bits per heavy atom. The van der Waals surface area contributed by atoms with Crippen LogP contribution >= 0.6 is 11.6 Å². The summed E-state index contributed by atoms with van der Waals surface area (Å²) in [4.78, 5) is 16.0. The van der Waals surface area contributed by atoms with Gasteiger partial charge in [0, 0.05) is 48.6 Å². The molecule has 1 fully saturated rings. The predicted molar refractivity (Wildman–Crippen MR) is 95.4 cm³/mol. The number of carbonyl (C=O) groups is 1. The van der Waals surface area contributed by atoms with E-state index in [0.29, 0.717) is 42.6 Å². The molecule has 1 aliphatic heterocycles. The Hall–Kier alpha value is -2.34. The number of anilines is 2. The summed E-state index contributed by atoms with van der Waals surface area (Å²) in [6.07, 6.45) is 0. The highest BCUT2D eigenvalue weighted by atomic mass is 35.5. The second-order valence-electron chi connectivity index (χ2n) is 5.96. The molecule has 4 nitrogen and oxygen atoms in total. The number of hydrogen-bond acceptors (Lipinski definition) is 2. The lowest BCUT2D eigenvalue weighted by molar-refractivity contribution is 0.208. The van der Waals surface area contributed by atoms with Crippen LogP contribution in [0.3, 0.4) is 0 Å². The Kier molecular flexibility index (Phi) is 5.08. The summed E-state index contributed by atoms with van der Waals surface area (Å²) in [5.41, 5.74) is 2.23. The fraction of sp³-hybridized carbons (Fsp3) is 0.278. The SMILES string of the molecule is Cc1ccc(Cl)cc1NC(=O)N1CCN(c2ccc(F)c(F)c2)CC1. The largest absolute Gasteiger partial charge is 0.368 e. The molecule has 0 bridgehead atoms. The van der Waals surface area contributed by atoms with E-state index in [9.17, 15) is 13.6 Å². The van der Waals surface area contributed by atoms with Crippen molar-refractivity contribution in [3.05, 3.63) is 58.6 Å². The zero-order valence-electron chi connectivity index (χ0n) is 13.7. The van der Waals surface area contributed by atoms with Crippen LogP contribution in [0.4, 0.5) is 25.0 Å². The number of hydrogen-bond donors (Lipinski definition) is 1. The monoisotopic (exact) mass is 365 g/mol. The van der Waals surface area contributed by atoms with Gasteiger partial charge in [0.15, 0.2) is 11.6 Å². The van der Waals surface area contributed by atoms with Crippen molar-refractivity contribution in [3.63, 3.8) is 0 Å². The minimum atomic E-state index is -0.867. The summed E-state index contributed by atoms with van der Waals surface area (Å²) < 4.78 is 26.4. The van der Waals surface area contributed by atoms with Gasteiger partial charge < -0.3 is 15.1 Å². The summed E-state index contributed by atoms with van der Waals surface area (Å²) >= 11 is 5.97. The summed E-state index contributed by atoms with van der Waals surface area (Å²) in [5.74, 6) is -1.73. The van der Waals surface area contributed by atoms with Crippen molar-refractivity contribution < 1.29 is 13.6 Å². The van der Waals surface area contributed by atoms with E-state index in [0.717, 1.165) is 11.6 Å². The Labute approximate surface area is 150 Å². The van der Waals surface area contributed by atoms with Crippen LogP contribution in [0.15, 0.2) is 36.4 Å². The highest BCUT2D eigenvalue weighted by Gasteiger charge is 2.22. The first-order chi connectivity index (χ1) is 11.9. The van der Waals surface area contributed by atoms with Gasteiger partial charge in [0.1, 0.15) is 0 Å². The standard InChI is InChI=1S/C18H18ClF2N3O/c1-12-2-3-13(19)10-17(12)22-18(25)24-8-6-23(7-9-24)14-4-5-15(20)16(21)11-14/h2-5,10-11H,6-9H2,1H3,(H,22,25). The molecule has 0 spiro atoms. The van der Waals surface area contributed by atoms with Crippen LogP contribution < -0.4 is 10.2 Å². The molecular formula is C18H18ClF2N3O. The topological polar surface area (TPSA) is 35.6 Å². The Morgan fingerprint density at radius 3 is 2.44 bits per heavy atom. The van der Waals surface area contributed by atoms with E-state index in [2.05, 4.69) is 5.32 Å². The Morgan fingerprint density at radius 1 is 1.04 bits per heavy atom. The van der Waals surface area contributed by atoms with Crippen LogP contribution in [-0.4, -0.2) is 37.1 Å². The molecule has 0 unspecified atom stereocenters. The number of nitrogens with zero attached hydrogens (tertiary/aromatic N) is 2. The van der Waals surface area contributed by atoms with E-state index in [1.165, 1.54) is 6.07 Å². The van der Waals surface area contributed by atoms with Crippen molar-refractivity contribution in [2.75, 3.05) is 36.4 Å². The second kappa shape index (κ2) is 7.27. The number of amides is 2. The quantitative estimate of drug-likeness (QED) is 0.862. The number of nitrogens with one attached hydrogen (secondary N) is 1. The van der Waals surface area contributed by atoms with Crippen LogP contribution in [0.1, 0.15) is 5.56 Å². The number of aryl methyl sites for hydroxylation is 1. The van der Waals surface area contributed by atoms with Gasteiger partial charge >= 0.3 is 6.03 Å². The van der Waals surface area contributed by atoms with E-state index in [-0.39, 0.29) is 6.03 Å². The predicted octanol–water partition coefficient (Wildman–Crippen LogP) is 4.28. The van der Waals surface area contributed by atoms with Crippen molar-refractivity contribution >= 4 is 29.0 Å². The first kappa shape index (κ1) is 17.5. The minimum Gasteiger partial charge on any atom is -0.368 e. The Bertz CT molecular complexity index is 792. The molecule has 0 aromatic heterocycles. The summed E-state index contributed by atoms with van der Waals surface area (Å²) in [6, 6.07) is 8.98. The smallest absolute Gasteiger partial charge is 0.321 e. The summed E-state index contributed by atoms with van der Waals surface area (Å²) in [6.45, 7) is 3.97. The number of urea groups is 1. The maximum absolute atomic E-state index is 13.4. The second-order valence-corrected chi connectivity index (χ2v) is 6.40. The minimum absolute atomic E-state index is 0.199. The van der Waals surface area contributed by atoms with E-state index < -0.39 is 11.6 Å². The zero-order valence-corrected chi connectivity index (χ0v) is 14.5. The molecule has 1 N–H and O–H groups in total. The molecule has 1 saturated heterocycles. The molecule has 132 valence electrons. The van der Waals surface area contributed by atoms with Crippen molar-refractivity contribution in [1.29, 1.82) is 0 Å². The van der Waals surface area contributed by atoms with Crippen LogP contribution in [0.2, 0.25) is 5.02 Å². The average Bonchev–Trinajstić information content (AvgIpc) is 2.60. The van der Waals surface area contributed by atoms with E-state index in [4.69, 9.17) is 11.6 Å². The van der Waals surface area contributed by atoms with Crippen molar-refractivity contribution in [2.24, 2.45) is 0 Å². The van der Waals surface area contributed by atoms with E-state index >= 15 is 0 Å². The number of halogens is 3. The maximum atomic E-state index is 13.4. The molecule has 0 atom stereocenters. The molecule has 2 amide bonds. The molecule has 0 saturated carbocycles. The fourth-order valence-corrected chi connectivity index (χ4v) is 2.94. The lowest BCUT2D eigenvalue weighted by Gasteiger charge is -2.36. The highest BCUT2D eigenvalue weighted by Crippen LogP contribution is 2.22. The van der Waals surface area contributed by atoms with Gasteiger partial charge in [0.2, 0.25) is 0 Å². The molecule has 25 heavy (non-hydrogen) atoms. The summed E-state index contributed by atoms with van der Waals surface area (Å²) in [7, 11) is 0. The summed E-state index contributed by atoms with van der Waals surface area (Å²) in [5, 5.41) is 3.43. The molecule has 2 aromatic carbocycles. The van der Waals surface area contributed by atoms with Crippen molar-refractivity contribution in [2.45, 2.75) is 6.92 Å². The molecule has 3 rings (SSSR count). The van der Waals surface area contributed by atoms with Crippen molar-refractivity contribution in [3.8, 4) is 0 Å². The lowest BCUT2D eigenvalue weighted by atomic mass is 10.2. The molecule has 0 radical (unpaired) electrons. The van der Waals surface area contributed by atoms with Crippen LogP contribution in [0.5, 0.6) is 0 Å². The third kappa shape index (κ3) is 4.02. The van der Waals surface area contributed by atoms with Crippen molar-refractivity contribution in [1.82, 2.24) is 4.90 Å². The third-order valence-electron chi connectivity index (χ3n) is 4.28. The first-order valence-corrected chi connectivity index (χ1v) is 8.34. The van der Waals surface area contributed by atoms with Gasteiger partial charge in [-0.15, -0.1) is 0 Å². The van der Waals surface area contributed by atoms with E-state index in [1.807, 2.05) is 17.9 Å². The van der Waals surface area contributed by atoms with Gasteiger partial charge in [0.25, 0.3) is 0 Å². The van der Waals surface area contributed by atoms with Gasteiger partial charge in [0.05, 0.1) is 0 Å². The number of benzene rings is 2. The third-order valence-corrected chi connectivity index (χ3v) is 4.51. The first-order valence-electron chi connectivity index (χ1n) is 7.96. The normalized spacial score (nSPS) is 14.6. The van der Waals surface area contributed by atoms with Crippen LogP contribution in [0, 0.1) is 18.6 Å². The number of piperazine rings is 1. The van der Waals surface area contributed by atoms with Gasteiger partial charge in [-0.1, -0.05) is 17.7 Å². The van der Waals surface area contributed by atoms with Gasteiger partial charge in [-0.2, -0.15) is 0 Å². The fourth-order valence-electron chi connectivity index (χ4n) is 2.77. The number of rotatable bonds is 2. The zero-order chi connectivity index (χ0) is 18.0. The molecule has 0 aliphatic carbocycles. The van der Waals surface area contributed by atoms with Gasteiger partial charge in [-0.05, 0) is 36.8 Å². The maximum Gasteiger partial charge on any atom is 0.321 e. The molecular weight excluding hydrogens is 348 g/mol. The van der Waals surface area contributed by atoms with Crippen LogP contribution in [0.25, 0.3) is 0 Å². The molecule has 1 heterocycles. The van der Waals surface area contributed by atoms with Gasteiger partial charge in [-0.3, -0.25) is 0 Å².